The first-order valence-corrected chi connectivity index (χ1v) is 9.62. The van der Waals surface area contributed by atoms with Gasteiger partial charge in [-0.15, -0.1) is 0 Å². The van der Waals surface area contributed by atoms with Crippen molar-refractivity contribution in [3.8, 4) is 11.3 Å². The zero-order chi connectivity index (χ0) is 16.8. The summed E-state index contributed by atoms with van der Waals surface area (Å²) in [6.07, 6.45) is 10.7. The summed E-state index contributed by atoms with van der Waals surface area (Å²) >= 11 is 0. The molecule has 0 aliphatic heterocycles. The number of fused-ring (bicyclic) bond motifs is 2. The highest BCUT2D eigenvalue weighted by atomic mass is 14.9. The molecule has 126 valence electrons. The Morgan fingerprint density at radius 1 is 0.792 bits per heavy atom. The average Bonchev–Trinajstić information content (AvgIpc) is 2.56. The second kappa shape index (κ2) is 6.02. The van der Waals surface area contributed by atoms with Gasteiger partial charge in [0, 0.05) is 17.2 Å². The van der Waals surface area contributed by atoms with Crippen LogP contribution in [0.4, 0.5) is 0 Å². The van der Waals surface area contributed by atoms with Crippen molar-refractivity contribution in [2.45, 2.75) is 59.3 Å². The maximum Gasteiger partial charge on any atom is 0.212 e. The second-order valence-electron chi connectivity index (χ2n) is 8.28. The summed E-state index contributed by atoms with van der Waals surface area (Å²) in [5.41, 5.74) is 10.2. The van der Waals surface area contributed by atoms with Gasteiger partial charge < -0.3 is 0 Å². The van der Waals surface area contributed by atoms with Crippen LogP contribution in [-0.2, 0) is 19.9 Å². The third kappa shape index (κ3) is 2.68. The SMILES string of the molecule is Cc1cc(-c2cc3c(cc2C)CC2CCCCC2C3)[n+](C)cc1C. The van der Waals surface area contributed by atoms with E-state index in [0.29, 0.717) is 0 Å². The van der Waals surface area contributed by atoms with Gasteiger partial charge in [0.15, 0.2) is 6.20 Å². The summed E-state index contributed by atoms with van der Waals surface area (Å²) in [5, 5.41) is 0. The lowest BCUT2D eigenvalue weighted by atomic mass is 9.68. The third-order valence-corrected chi connectivity index (χ3v) is 6.60. The molecule has 0 saturated heterocycles. The van der Waals surface area contributed by atoms with E-state index < -0.39 is 0 Å². The molecule has 4 rings (SSSR count). The molecule has 24 heavy (non-hydrogen) atoms. The Kier molecular flexibility index (Phi) is 3.98. The van der Waals surface area contributed by atoms with E-state index in [4.69, 9.17) is 0 Å². The Bertz CT molecular complexity index is 787. The van der Waals surface area contributed by atoms with Crippen LogP contribution in [0.15, 0.2) is 24.4 Å². The molecular weight excluding hydrogens is 290 g/mol. The number of hydrogen-bond acceptors (Lipinski definition) is 0. The lowest BCUT2D eigenvalue weighted by Crippen LogP contribution is -2.32. The van der Waals surface area contributed by atoms with Crippen molar-refractivity contribution in [2.24, 2.45) is 18.9 Å². The number of aryl methyl sites for hydroxylation is 4. The molecule has 0 amide bonds. The summed E-state index contributed by atoms with van der Waals surface area (Å²) in [6, 6.07) is 7.36. The molecule has 2 aromatic rings. The van der Waals surface area contributed by atoms with Gasteiger partial charge in [0.1, 0.15) is 7.05 Å². The molecule has 0 spiro atoms. The van der Waals surface area contributed by atoms with Crippen LogP contribution in [0.5, 0.6) is 0 Å². The molecule has 0 radical (unpaired) electrons. The predicted octanol–water partition coefficient (Wildman–Crippen LogP) is 5.01. The molecule has 1 heterocycles. The van der Waals surface area contributed by atoms with Crippen molar-refractivity contribution in [3.63, 3.8) is 0 Å². The summed E-state index contributed by atoms with van der Waals surface area (Å²) < 4.78 is 2.29. The summed E-state index contributed by atoms with van der Waals surface area (Å²) in [5.74, 6) is 1.89. The van der Waals surface area contributed by atoms with Gasteiger partial charge in [-0.1, -0.05) is 18.9 Å². The fourth-order valence-corrected chi connectivity index (χ4v) is 5.01. The fraction of sp³-hybridized carbons (Fsp3) is 0.522. The Morgan fingerprint density at radius 2 is 1.42 bits per heavy atom. The number of nitrogens with zero attached hydrogens (tertiary/aromatic N) is 1. The largest absolute Gasteiger partial charge is 0.212 e. The van der Waals surface area contributed by atoms with Crippen LogP contribution in [0, 0.1) is 32.6 Å². The molecule has 0 bridgehead atoms. The van der Waals surface area contributed by atoms with Crippen molar-refractivity contribution in [1.82, 2.24) is 0 Å². The van der Waals surface area contributed by atoms with Crippen molar-refractivity contribution in [2.75, 3.05) is 0 Å². The smallest absolute Gasteiger partial charge is 0.201 e. The van der Waals surface area contributed by atoms with Crippen LogP contribution in [-0.4, -0.2) is 0 Å². The lowest BCUT2D eigenvalue weighted by Gasteiger charge is -2.37. The highest BCUT2D eigenvalue weighted by Gasteiger charge is 2.31. The summed E-state index contributed by atoms with van der Waals surface area (Å²) in [4.78, 5) is 0. The van der Waals surface area contributed by atoms with E-state index in [9.17, 15) is 0 Å². The molecule has 1 heteroatoms. The molecule has 1 saturated carbocycles. The van der Waals surface area contributed by atoms with Crippen molar-refractivity contribution >= 4 is 0 Å². The van der Waals surface area contributed by atoms with E-state index in [1.165, 1.54) is 66.5 Å². The van der Waals surface area contributed by atoms with Gasteiger partial charge in [-0.25, -0.2) is 4.57 Å². The van der Waals surface area contributed by atoms with E-state index in [1.807, 2.05) is 0 Å². The molecule has 2 aliphatic carbocycles. The molecule has 1 nitrogen and oxygen atoms in total. The molecule has 2 atom stereocenters. The molecule has 2 unspecified atom stereocenters. The molecule has 1 aromatic heterocycles. The van der Waals surface area contributed by atoms with Crippen LogP contribution in [0.1, 0.15) is 53.5 Å². The minimum atomic E-state index is 0.940. The first-order chi connectivity index (χ1) is 11.5. The van der Waals surface area contributed by atoms with E-state index in [0.717, 1.165) is 11.8 Å². The summed E-state index contributed by atoms with van der Waals surface area (Å²) in [7, 11) is 2.18. The van der Waals surface area contributed by atoms with Gasteiger partial charge in [0.2, 0.25) is 5.69 Å². The molecule has 2 aliphatic rings. The van der Waals surface area contributed by atoms with Crippen LogP contribution in [0.25, 0.3) is 11.3 Å². The van der Waals surface area contributed by atoms with Gasteiger partial charge >= 0.3 is 0 Å². The highest BCUT2D eigenvalue weighted by Crippen LogP contribution is 2.41. The Morgan fingerprint density at radius 3 is 2.08 bits per heavy atom. The quantitative estimate of drug-likeness (QED) is 0.650. The van der Waals surface area contributed by atoms with Crippen molar-refractivity contribution in [1.29, 1.82) is 0 Å². The number of benzene rings is 1. The Hall–Kier alpha value is -1.63. The minimum Gasteiger partial charge on any atom is -0.201 e. The molecule has 1 fully saturated rings. The first kappa shape index (κ1) is 15.9. The number of pyridine rings is 1. The van der Waals surface area contributed by atoms with E-state index >= 15 is 0 Å². The van der Waals surface area contributed by atoms with Gasteiger partial charge in [-0.3, -0.25) is 0 Å². The fourth-order valence-electron chi connectivity index (χ4n) is 5.01. The Balaban J connectivity index is 1.78. The van der Waals surface area contributed by atoms with Crippen LogP contribution in [0.2, 0.25) is 0 Å². The molecule has 0 N–H and O–H groups in total. The minimum absolute atomic E-state index is 0.940. The number of rotatable bonds is 1. The number of hydrogen-bond donors (Lipinski definition) is 0. The monoisotopic (exact) mass is 320 g/mol. The van der Waals surface area contributed by atoms with Crippen molar-refractivity contribution in [3.05, 3.63) is 52.2 Å². The van der Waals surface area contributed by atoms with E-state index in [1.54, 1.807) is 11.1 Å². The number of aromatic nitrogens is 1. The second-order valence-corrected chi connectivity index (χ2v) is 8.28. The van der Waals surface area contributed by atoms with E-state index in [2.05, 4.69) is 56.8 Å². The van der Waals surface area contributed by atoms with Gasteiger partial charge in [-0.05, 0) is 86.6 Å². The lowest BCUT2D eigenvalue weighted by molar-refractivity contribution is -0.660. The average molecular weight is 320 g/mol. The normalized spacial score (nSPS) is 22.8. The zero-order valence-electron chi connectivity index (χ0n) is 15.7. The highest BCUT2D eigenvalue weighted by molar-refractivity contribution is 5.64. The van der Waals surface area contributed by atoms with Crippen molar-refractivity contribution < 1.29 is 4.57 Å². The van der Waals surface area contributed by atoms with Gasteiger partial charge in [-0.2, -0.15) is 0 Å². The van der Waals surface area contributed by atoms with Crippen LogP contribution in [0.3, 0.4) is 0 Å². The maximum absolute atomic E-state index is 2.51. The predicted molar refractivity (Wildman–Crippen MR) is 100 cm³/mol. The maximum atomic E-state index is 2.51. The van der Waals surface area contributed by atoms with Crippen LogP contribution >= 0.6 is 0 Å². The molecule has 1 aromatic carbocycles. The topological polar surface area (TPSA) is 3.88 Å². The van der Waals surface area contributed by atoms with Gasteiger partial charge in [0.25, 0.3) is 0 Å². The third-order valence-electron chi connectivity index (χ3n) is 6.60. The van der Waals surface area contributed by atoms with Gasteiger partial charge in [0.05, 0.1) is 0 Å². The van der Waals surface area contributed by atoms with Crippen LogP contribution < -0.4 is 4.57 Å². The summed E-state index contributed by atoms with van der Waals surface area (Å²) in [6.45, 7) is 6.71. The standard InChI is InChI=1S/C23H30N/c1-15-10-23(24(4)14-17(15)3)22-13-21-12-19-8-6-5-7-18(19)11-20(21)9-16(22)2/h9-10,13-14,18-19H,5-8,11-12H2,1-4H3/q+1. The zero-order valence-corrected chi connectivity index (χ0v) is 15.7. The Labute approximate surface area is 146 Å². The molecular formula is C23H30N+. The van der Waals surface area contributed by atoms with E-state index in [-0.39, 0.29) is 0 Å². The first-order valence-electron chi connectivity index (χ1n) is 9.62.